The van der Waals surface area contributed by atoms with Crippen LogP contribution in [0.25, 0.3) is 0 Å². The Kier molecular flexibility index (Phi) is 3.35. The number of unbranched alkanes of at least 4 members (excludes halogenated alkanes) is 1. The molecule has 0 amide bonds. The third-order valence-electron chi connectivity index (χ3n) is 2.71. The summed E-state index contributed by atoms with van der Waals surface area (Å²) in [6.45, 7) is 2.43. The minimum absolute atomic E-state index is 0.143. The second-order valence-corrected chi connectivity index (χ2v) is 3.76. The second kappa shape index (κ2) is 4.55. The van der Waals surface area contributed by atoms with E-state index in [-0.39, 0.29) is 12.2 Å². The molecule has 1 N–H and O–H groups in total. The summed E-state index contributed by atoms with van der Waals surface area (Å²) in [4.78, 5) is 9.45. The highest BCUT2D eigenvalue weighted by Gasteiger charge is 2.47. The zero-order valence-electron chi connectivity index (χ0n) is 8.22. The van der Waals surface area contributed by atoms with Gasteiger partial charge in [0.15, 0.2) is 6.10 Å². The van der Waals surface area contributed by atoms with E-state index >= 15 is 0 Å². The summed E-state index contributed by atoms with van der Waals surface area (Å²) in [5.41, 5.74) is 0. The second-order valence-electron chi connectivity index (χ2n) is 3.76. The lowest BCUT2D eigenvalue weighted by atomic mass is 10.0. The molecule has 2 rings (SSSR count). The van der Waals surface area contributed by atoms with Crippen LogP contribution in [-0.2, 0) is 19.6 Å². The Balaban J connectivity index is 1.89. The highest BCUT2D eigenvalue weighted by Crippen LogP contribution is 2.29. The quantitative estimate of drug-likeness (QED) is 0.681. The molecule has 2 saturated heterocycles. The van der Waals surface area contributed by atoms with E-state index < -0.39 is 12.2 Å². The van der Waals surface area contributed by atoms with Gasteiger partial charge in [0.05, 0.1) is 6.10 Å². The van der Waals surface area contributed by atoms with Crippen molar-refractivity contribution in [2.75, 3.05) is 6.61 Å². The Labute approximate surface area is 82.8 Å². The molecule has 5 nitrogen and oxygen atoms in total. The zero-order chi connectivity index (χ0) is 9.97. The van der Waals surface area contributed by atoms with Gasteiger partial charge < -0.3 is 9.84 Å². The van der Waals surface area contributed by atoms with E-state index in [9.17, 15) is 5.11 Å². The number of hydrogen-bond acceptors (Lipinski definition) is 5. The molecule has 0 aliphatic carbocycles. The summed E-state index contributed by atoms with van der Waals surface area (Å²) in [6, 6.07) is 0. The maximum atomic E-state index is 9.83. The van der Waals surface area contributed by atoms with Gasteiger partial charge in [-0.1, -0.05) is 24.8 Å². The van der Waals surface area contributed by atoms with E-state index in [1.165, 1.54) is 0 Å². The largest absolute Gasteiger partial charge is 0.387 e. The van der Waals surface area contributed by atoms with Crippen molar-refractivity contribution in [3.05, 3.63) is 0 Å². The van der Waals surface area contributed by atoms with Crippen molar-refractivity contribution in [1.29, 1.82) is 0 Å². The van der Waals surface area contributed by atoms with Gasteiger partial charge in [-0.3, -0.25) is 0 Å². The van der Waals surface area contributed by atoms with Crippen molar-refractivity contribution in [1.82, 2.24) is 0 Å². The minimum Gasteiger partial charge on any atom is -0.387 e. The molecule has 0 aromatic rings. The summed E-state index contributed by atoms with van der Waals surface area (Å²) in [5.74, 6) is 0. The molecule has 5 heteroatoms. The van der Waals surface area contributed by atoms with Gasteiger partial charge >= 0.3 is 0 Å². The van der Waals surface area contributed by atoms with Gasteiger partial charge in [-0.25, -0.2) is 4.89 Å². The molecule has 82 valence electrons. The molecule has 0 radical (unpaired) electrons. The van der Waals surface area contributed by atoms with Crippen LogP contribution in [0.15, 0.2) is 0 Å². The van der Waals surface area contributed by atoms with Gasteiger partial charge in [-0.15, -0.1) is 0 Å². The molecule has 4 atom stereocenters. The molecule has 2 fully saturated rings. The van der Waals surface area contributed by atoms with E-state index in [4.69, 9.17) is 9.62 Å². The van der Waals surface area contributed by atoms with Crippen LogP contribution in [0, 0.1) is 0 Å². The smallest absolute Gasteiger partial charge is 0.153 e. The Hall–Kier alpha value is -0.200. The van der Waals surface area contributed by atoms with Crippen LogP contribution in [-0.4, -0.2) is 36.1 Å². The maximum Gasteiger partial charge on any atom is 0.153 e. The normalized spacial score (nSPS) is 42.4. The number of ether oxygens (including phenoxy) is 1. The highest BCUT2D eigenvalue weighted by atomic mass is 17.5. The topological polar surface area (TPSA) is 57.2 Å². The lowest BCUT2D eigenvalue weighted by Gasteiger charge is -2.22. The molecular weight excluding hydrogens is 188 g/mol. The first-order valence-electron chi connectivity index (χ1n) is 5.11. The average molecular weight is 204 g/mol. The number of hydrogen-bond donors (Lipinski definition) is 1. The lowest BCUT2D eigenvalue weighted by molar-refractivity contribution is -0.558. The van der Waals surface area contributed by atoms with E-state index in [1.54, 1.807) is 0 Å². The van der Waals surface area contributed by atoms with Crippen molar-refractivity contribution in [2.24, 2.45) is 0 Å². The van der Waals surface area contributed by atoms with Crippen molar-refractivity contribution in [3.63, 3.8) is 0 Å². The third kappa shape index (κ3) is 1.92. The monoisotopic (exact) mass is 204 g/mol. The average Bonchev–Trinajstić information content (AvgIpc) is 2.54. The molecule has 0 bridgehead atoms. The molecule has 0 saturated carbocycles. The van der Waals surface area contributed by atoms with Crippen LogP contribution in [0.1, 0.15) is 26.2 Å². The van der Waals surface area contributed by atoms with Crippen molar-refractivity contribution in [3.8, 4) is 0 Å². The molecule has 4 unspecified atom stereocenters. The molecular formula is C9H16O5. The van der Waals surface area contributed by atoms with E-state index in [2.05, 4.69) is 16.8 Å². The van der Waals surface area contributed by atoms with E-state index in [1.807, 2.05) is 0 Å². The fourth-order valence-electron chi connectivity index (χ4n) is 1.88. The van der Waals surface area contributed by atoms with Gasteiger partial charge in [-0.2, -0.15) is 4.89 Å². The summed E-state index contributed by atoms with van der Waals surface area (Å²) >= 11 is 0. The predicted octanol–water partition coefficient (Wildman–Crippen LogP) is 0.567. The molecule has 0 aromatic carbocycles. The van der Waals surface area contributed by atoms with Crippen LogP contribution in [0.5, 0.6) is 0 Å². The summed E-state index contributed by atoms with van der Waals surface area (Å²) < 4.78 is 5.60. The van der Waals surface area contributed by atoms with E-state index in [0.29, 0.717) is 6.61 Å². The Morgan fingerprint density at radius 3 is 3.00 bits per heavy atom. The Morgan fingerprint density at radius 2 is 2.29 bits per heavy atom. The minimum atomic E-state index is -0.601. The summed E-state index contributed by atoms with van der Waals surface area (Å²) in [6.07, 6.45) is 1.66. The van der Waals surface area contributed by atoms with Crippen LogP contribution in [0.2, 0.25) is 0 Å². The predicted molar refractivity (Wildman–Crippen MR) is 46.1 cm³/mol. The zero-order valence-corrected chi connectivity index (χ0v) is 8.22. The first-order chi connectivity index (χ1) is 6.83. The van der Waals surface area contributed by atoms with Crippen molar-refractivity contribution in [2.45, 2.75) is 50.6 Å². The first kappa shape index (κ1) is 10.3. The van der Waals surface area contributed by atoms with Gasteiger partial charge in [0, 0.05) is 0 Å². The van der Waals surface area contributed by atoms with Crippen molar-refractivity contribution >= 4 is 0 Å². The highest BCUT2D eigenvalue weighted by molar-refractivity contribution is 4.91. The third-order valence-corrected chi connectivity index (χ3v) is 2.71. The molecule has 0 aromatic heterocycles. The SMILES string of the molecule is CCCCC1OC2COOOC2C1O. The number of aliphatic hydroxyl groups is 1. The van der Waals surface area contributed by atoms with Crippen molar-refractivity contribution < 1.29 is 24.7 Å². The summed E-state index contributed by atoms with van der Waals surface area (Å²) in [5, 5.41) is 14.2. The number of fused-ring (bicyclic) bond motifs is 1. The number of aliphatic hydroxyl groups excluding tert-OH is 1. The van der Waals surface area contributed by atoms with Gasteiger partial charge in [0.2, 0.25) is 0 Å². The Morgan fingerprint density at radius 1 is 1.43 bits per heavy atom. The van der Waals surface area contributed by atoms with Crippen LogP contribution < -0.4 is 0 Å². The molecule has 14 heavy (non-hydrogen) atoms. The molecule has 2 aliphatic heterocycles. The standard InChI is InChI=1S/C9H16O5/c1-2-3-4-6-8(10)9-7(12-6)5-11-14-13-9/h6-10H,2-5H2,1H3. The molecule has 0 spiro atoms. The van der Waals surface area contributed by atoms with Gasteiger partial charge in [-0.05, 0) is 6.42 Å². The van der Waals surface area contributed by atoms with Crippen LogP contribution in [0.4, 0.5) is 0 Å². The molecule has 2 aliphatic rings. The van der Waals surface area contributed by atoms with Crippen LogP contribution >= 0.6 is 0 Å². The van der Waals surface area contributed by atoms with Gasteiger partial charge in [0.1, 0.15) is 18.8 Å². The van der Waals surface area contributed by atoms with E-state index in [0.717, 1.165) is 19.3 Å². The summed E-state index contributed by atoms with van der Waals surface area (Å²) in [7, 11) is 0. The fraction of sp³-hybridized carbons (Fsp3) is 1.00. The molecule has 2 heterocycles. The first-order valence-corrected chi connectivity index (χ1v) is 5.11. The Bertz CT molecular complexity index is 186. The number of rotatable bonds is 3. The lowest BCUT2D eigenvalue weighted by Crippen LogP contribution is -2.40. The van der Waals surface area contributed by atoms with Gasteiger partial charge in [0.25, 0.3) is 0 Å². The fourth-order valence-corrected chi connectivity index (χ4v) is 1.88. The maximum absolute atomic E-state index is 9.83. The van der Waals surface area contributed by atoms with Crippen LogP contribution in [0.3, 0.4) is 0 Å².